The highest BCUT2D eigenvalue weighted by Gasteiger charge is 2.38. The molecule has 4 N–H and O–H groups in total. The number of amides is 3. The Balaban J connectivity index is 0.000000202. The van der Waals surface area contributed by atoms with Crippen molar-refractivity contribution in [3.63, 3.8) is 0 Å². The number of methoxy groups -OCH3 is 2. The Morgan fingerprint density at radius 3 is 1.55 bits per heavy atom. The van der Waals surface area contributed by atoms with Gasteiger partial charge in [0.25, 0.3) is 0 Å². The van der Waals surface area contributed by atoms with Gasteiger partial charge in [0.1, 0.15) is 22.7 Å². The number of benzene rings is 2. The number of ether oxygens (including phenoxy) is 4. The number of carboxylic acids is 1. The fourth-order valence-electron chi connectivity index (χ4n) is 11.6. The van der Waals surface area contributed by atoms with Crippen molar-refractivity contribution in [2.24, 2.45) is 35.5 Å². The minimum Gasteiger partial charge on any atom is -0.497 e. The molecule has 4 aliphatic rings. The smallest absolute Gasteiger partial charge is 0.410 e. The first-order valence-corrected chi connectivity index (χ1v) is 27.9. The maximum Gasteiger partial charge on any atom is 0.410 e. The number of H-pyrrole nitrogens is 2. The van der Waals surface area contributed by atoms with E-state index in [1.165, 1.54) is 45.2 Å². The quantitative estimate of drug-likeness (QED) is 0.107. The molecule has 0 spiro atoms. The second-order valence-electron chi connectivity index (χ2n) is 24.7. The first-order chi connectivity index (χ1) is 35.3. The lowest BCUT2D eigenvalue weighted by molar-refractivity contribution is -0.143. The first-order valence-electron chi connectivity index (χ1n) is 27.9. The van der Waals surface area contributed by atoms with Crippen molar-refractivity contribution in [3.8, 4) is 11.5 Å². The fourth-order valence-corrected chi connectivity index (χ4v) is 11.6. The van der Waals surface area contributed by atoms with E-state index in [1.54, 1.807) is 31.1 Å². The molecule has 4 heterocycles. The van der Waals surface area contributed by atoms with Crippen molar-refractivity contribution in [2.45, 2.75) is 170 Å². The minimum absolute atomic E-state index is 0.0590. The summed E-state index contributed by atoms with van der Waals surface area (Å²) in [5.41, 5.74) is 6.72. The summed E-state index contributed by atoms with van der Waals surface area (Å²) >= 11 is 0. The molecular weight excluding hydrogens is 949 g/mol. The predicted molar refractivity (Wildman–Crippen MR) is 297 cm³/mol. The summed E-state index contributed by atoms with van der Waals surface area (Å²) in [6.07, 6.45) is 10.4. The van der Waals surface area contributed by atoms with Crippen LogP contribution in [-0.4, -0.2) is 120 Å². The van der Waals surface area contributed by atoms with Crippen LogP contribution in [0.25, 0.3) is 21.8 Å². The van der Waals surface area contributed by atoms with Gasteiger partial charge in [-0.1, -0.05) is 27.7 Å². The Labute approximate surface area is 447 Å². The molecule has 416 valence electrons. The molecule has 0 bridgehead atoms. The molecule has 0 radical (unpaired) electrons. The molecule has 2 unspecified atom stereocenters. The number of hydrogen-bond acceptors (Lipinski definition) is 9. The lowest BCUT2D eigenvalue weighted by Crippen LogP contribution is -2.45. The third-order valence-electron chi connectivity index (χ3n) is 15.3. The third-order valence-corrected chi connectivity index (χ3v) is 15.3. The maximum absolute atomic E-state index is 13.9. The van der Waals surface area contributed by atoms with E-state index < -0.39 is 17.2 Å². The van der Waals surface area contributed by atoms with E-state index in [4.69, 9.17) is 24.1 Å². The monoisotopic (exact) mass is 1040 g/mol. The van der Waals surface area contributed by atoms with E-state index in [0.717, 1.165) is 87.9 Å². The van der Waals surface area contributed by atoms with Gasteiger partial charge in [0.15, 0.2) is 0 Å². The second kappa shape index (κ2) is 25.6. The molecule has 2 saturated carbocycles. The van der Waals surface area contributed by atoms with Gasteiger partial charge in [0.05, 0.1) is 26.2 Å². The highest BCUT2D eigenvalue weighted by Crippen LogP contribution is 2.42. The van der Waals surface area contributed by atoms with Crippen molar-refractivity contribution in [3.05, 3.63) is 58.9 Å². The van der Waals surface area contributed by atoms with Crippen LogP contribution < -0.4 is 14.8 Å². The summed E-state index contributed by atoms with van der Waals surface area (Å²) in [7, 11) is 6.95. The average molecular weight is 1040 g/mol. The zero-order valence-corrected chi connectivity index (χ0v) is 48.0. The van der Waals surface area contributed by atoms with Crippen LogP contribution in [0.2, 0.25) is 0 Å². The lowest BCUT2D eigenvalue weighted by atomic mass is 9.80. The molecule has 15 nitrogen and oxygen atoms in total. The van der Waals surface area contributed by atoms with E-state index in [0.29, 0.717) is 61.6 Å². The average Bonchev–Trinajstić information content (AvgIpc) is 3.92. The van der Waals surface area contributed by atoms with Gasteiger partial charge >= 0.3 is 18.2 Å². The summed E-state index contributed by atoms with van der Waals surface area (Å²) < 4.78 is 21.5. The Morgan fingerprint density at radius 1 is 0.653 bits per heavy atom. The molecule has 8 rings (SSSR count). The SMILES string of the molecule is CN(CC1CCC(C(=O)O)CC1)C(=O)OC(C)(C)C.COc1ccc2c3c([nH]c2c1)C(CC(C)C)N(C(=O)C1CCC(CN(C)C(=O)OC(C)(C)C)CC1)CC3.COc1ccc2c3c([nH]c2c1)C(CC(C)C)NCC3. The Kier molecular flexibility index (Phi) is 20.1. The number of carboxylic acid groups (broad SMARTS) is 1. The summed E-state index contributed by atoms with van der Waals surface area (Å²) in [5, 5.41) is 15.2. The zero-order chi connectivity index (χ0) is 54.9. The van der Waals surface area contributed by atoms with Crippen LogP contribution >= 0.6 is 0 Å². The van der Waals surface area contributed by atoms with E-state index in [2.05, 4.69) is 78.2 Å². The Morgan fingerprint density at radius 2 is 1.11 bits per heavy atom. The topological polar surface area (TPSA) is 179 Å². The van der Waals surface area contributed by atoms with E-state index >= 15 is 0 Å². The van der Waals surface area contributed by atoms with Crippen LogP contribution in [0.1, 0.15) is 168 Å². The van der Waals surface area contributed by atoms with Crippen molar-refractivity contribution in [2.75, 3.05) is 54.5 Å². The van der Waals surface area contributed by atoms with Crippen LogP contribution in [-0.2, 0) is 31.9 Å². The van der Waals surface area contributed by atoms with Crippen LogP contribution in [0.15, 0.2) is 36.4 Å². The number of nitrogens with one attached hydrogen (secondary N) is 3. The number of hydrogen-bond donors (Lipinski definition) is 4. The molecule has 2 aromatic heterocycles. The van der Waals surface area contributed by atoms with Gasteiger partial charge in [-0.3, -0.25) is 9.59 Å². The van der Waals surface area contributed by atoms with Crippen LogP contribution in [0.4, 0.5) is 9.59 Å². The molecule has 2 aliphatic carbocycles. The summed E-state index contributed by atoms with van der Waals surface area (Å²) in [6, 6.07) is 13.1. The first kappa shape index (κ1) is 58.8. The van der Waals surface area contributed by atoms with Gasteiger partial charge < -0.3 is 54.0 Å². The van der Waals surface area contributed by atoms with Gasteiger partial charge in [0.2, 0.25) is 5.91 Å². The second-order valence-corrected chi connectivity index (χ2v) is 24.7. The lowest BCUT2D eigenvalue weighted by Gasteiger charge is -2.40. The molecular formula is C60H92N6O9. The number of carbonyl (C=O) groups is 4. The van der Waals surface area contributed by atoms with Gasteiger partial charge in [-0.2, -0.15) is 0 Å². The third kappa shape index (κ3) is 16.1. The number of aromatic nitrogens is 2. The van der Waals surface area contributed by atoms with E-state index in [-0.39, 0.29) is 30.1 Å². The molecule has 2 aromatic carbocycles. The number of aromatic amines is 2. The fraction of sp³-hybridized carbons (Fsp3) is 0.667. The van der Waals surface area contributed by atoms with Crippen molar-refractivity contribution < 1.29 is 43.2 Å². The predicted octanol–water partition coefficient (Wildman–Crippen LogP) is 12.5. The standard InChI is InChI=1S/C30H45N3O4.C16H22N2O.C14H25NO4/c1-19(2)16-26-27-24(23-13-12-22(36-7)17-25(23)31-27)14-15-33(26)28(34)21-10-8-20(9-11-21)18-32(6)29(35)37-30(3,4)5;1-10(2)8-15-16-13(6-7-17-15)12-5-4-11(19-3)9-14(12)18-16;1-14(2,3)19-13(18)15(4)9-10-5-7-11(8-6-10)12(16)17/h12-13,17,19-21,26,31H,8-11,14-16,18H2,1-7H3;4-5,9-10,15,17-18H,6-8H2,1-3H3;10-11H,5-9H2,1-4H3,(H,16,17). The zero-order valence-electron chi connectivity index (χ0n) is 48.0. The summed E-state index contributed by atoms with van der Waals surface area (Å²) in [5.74, 6) is 3.18. The largest absolute Gasteiger partial charge is 0.497 e. The van der Waals surface area contributed by atoms with Gasteiger partial charge in [-0.15, -0.1) is 0 Å². The molecule has 0 saturated heterocycles. The molecule has 2 aliphatic heterocycles. The minimum atomic E-state index is -0.695. The molecule has 2 atom stereocenters. The molecule has 4 aromatic rings. The van der Waals surface area contributed by atoms with Crippen molar-refractivity contribution in [1.82, 2.24) is 30.0 Å². The van der Waals surface area contributed by atoms with Crippen LogP contribution in [0.3, 0.4) is 0 Å². The summed E-state index contributed by atoms with van der Waals surface area (Å²) in [6.45, 7) is 23.4. The molecule has 75 heavy (non-hydrogen) atoms. The molecule has 15 heteroatoms. The highest BCUT2D eigenvalue weighted by atomic mass is 16.6. The number of nitrogens with zero attached hydrogens (tertiary/aromatic N) is 3. The summed E-state index contributed by atoms with van der Waals surface area (Å²) in [4.78, 5) is 61.6. The highest BCUT2D eigenvalue weighted by molar-refractivity contribution is 5.88. The molecule has 3 amide bonds. The Hall–Kier alpha value is -5.44. The molecule has 2 fully saturated rings. The van der Waals surface area contributed by atoms with Gasteiger partial charge in [-0.05, 0) is 184 Å². The van der Waals surface area contributed by atoms with Crippen LogP contribution in [0, 0.1) is 35.5 Å². The number of rotatable bonds is 12. The number of carbonyl (C=O) groups excluding carboxylic acids is 3. The van der Waals surface area contributed by atoms with Crippen molar-refractivity contribution >= 4 is 45.9 Å². The Bertz CT molecular complexity index is 2540. The van der Waals surface area contributed by atoms with Gasteiger partial charge in [0, 0.05) is 91.0 Å². The van der Waals surface area contributed by atoms with E-state index in [9.17, 15) is 19.2 Å². The normalized spacial score (nSPS) is 21.7. The van der Waals surface area contributed by atoms with Crippen molar-refractivity contribution in [1.29, 1.82) is 0 Å². The van der Waals surface area contributed by atoms with E-state index in [1.807, 2.05) is 54.7 Å². The number of aliphatic carboxylic acids is 1. The van der Waals surface area contributed by atoms with Crippen LogP contribution in [0.5, 0.6) is 11.5 Å². The maximum atomic E-state index is 13.9. The number of fused-ring (bicyclic) bond motifs is 6. The van der Waals surface area contributed by atoms with Gasteiger partial charge in [-0.25, -0.2) is 9.59 Å².